The minimum atomic E-state index is 0.432. The molecule has 0 aliphatic heterocycles. The maximum absolute atomic E-state index is 5.98. The lowest BCUT2D eigenvalue weighted by Crippen LogP contribution is -1.93. The van der Waals surface area contributed by atoms with Crippen LogP contribution in [0.5, 0.6) is 0 Å². The highest BCUT2D eigenvalue weighted by Gasteiger charge is 2.15. The van der Waals surface area contributed by atoms with Gasteiger partial charge in [-0.3, -0.25) is 0 Å². The lowest BCUT2D eigenvalue weighted by Gasteiger charge is -2.06. The normalized spacial score (nSPS) is 11.0. The molecule has 0 aliphatic carbocycles. The molecule has 3 heteroatoms. The molecular weight excluding hydrogens is 260 g/mol. The molecule has 0 unspecified atom stereocenters. The molecule has 0 saturated carbocycles. The Kier molecular flexibility index (Phi) is 5.43. The van der Waals surface area contributed by atoms with Crippen molar-refractivity contribution >= 4 is 5.88 Å². The third kappa shape index (κ3) is 3.87. The van der Waals surface area contributed by atoms with Gasteiger partial charge in [-0.2, -0.15) is 0 Å². The van der Waals surface area contributed by atoms with Crippen molar-refractivity contribution < 1.29 is 4.52 Å². The largest absolute Gasteiger partial charge is 0.367 e. The first-order valence-electron chi connectivity index (χ1n) is 7.95. The highest BCUT2D eigenvalue weighted by molar-refractivity contribution is 5.75. The zero-order chi connectivity index (χ0) is 15.2. The third-order valence-corrected chi connectivity index (χ3v) is 4.10. The van der Waals surface area contributed by atoms with Gasteiger partial charge in [-0.25, -0.2) is 0 Å². The topological polar surface area (TPSA) is 52.0 Å². The van der Waals surface area contributed by atoms with Crippen LogP contribution >= 0.6 is 0 Å². The summed E-state index contributed by atoms with van der Waals surface area (Å²) in [5.41, 5.74) is 11.6. The summed E-state index contributed by atoms with van der Waals surface area (Å²) >= 11 is 0. The fourth-order valence-electron chi connectivity index (χ4n) is 2.61. The van der Waals surface area contributed by atoms with Crippen molar-refractivity contribution in [2.75, 3.05) is 5.73 Å². The molecule has 0 aliphatic rings. The van der Waals surface area contributed by atoms with Crippen LogP contribution in [0.1, 0.15) is 55.8 Å². The molecule has 1 aromatic carbocycles. The highest BCUT2D eigenvalue weighted by Crippen LogP contribution is 2.31. The molecule has 0 saturated heterocycles. The number of rotatable bonds is 7. The SMILES string of the molecule is CCCCCCCc1noc(N)c1-c1ccc(C)c(C)c1. The molecule has 114 valence electrons. The lowest BCUT2D eigenvalue weighted by atomic mass is 9.98. The van der Waals surface area contributed by atoms with Crippen molar-refractivity contribution in [1.29, 1.82) is 0 Å². The summed E-state index contributed by atoms with van der Waals surface area (Å²) in [5, 5.41) is 4.16. The van der Waals surface area contributed by atoms with Crippen molar-refractivity contribution in [2.24, 2.45) is 0 Å². The van der Waals surface area contributed by atoms with Crippen molar-refractivity contribution in [3.63, 3.8) is 0 Å². The molecule has 0 radical (unpaired) electrons. The molecule has 1 heterocycles. The minimum Gasteiger partial charge on any atom is -0.367 e. The molecule has 21 heavy (non-hydrogen) atoms. The Balaban J connectivity index is 2.12. The molecular formula is C18H26N2O. The average Bonchev–Trinajstić information content (AvgIpc) is 2.83. The molecule has 2 aromatic rings. The number of aryl methyl sites for hydroxylation is 3. The minimum absolute atomic E-state index is 0.432. The Morgan fingerprint density at radius 1 is 1.05 bits per heavy atom. The zero-order valence-corrected chi connectivity index (χ0v) is 13.4. The van der Waals surface area contributed by atoms with Crippen molar-refractivity contribution in [2.45, 2.75) is 59.3 Å². The van der Waals surface area contributed by atoms with Crippen LogP contribution in [0, 0.1) is 13.8 Å². The van der Waals surface area contributed by atoms with Crippen LogP contribution < -0.4 is 5.73 Å². The number of nitrogens with zero attached hydrogens (tertiary/aromatic N) is 1. The Morgan fingerprint density at radius 3 is 2.52 bits per heavy atom. The predicted molar refractivity (Wildman–Crippen MR) is 88.3 cm³/mol. The van der Waals surface area contributed by atoms with Crippen LogP contribution in [0.25, 0.3) is 11.1 Å². The van der Waals surface area contributed by atoms with Gasteiger partial charge in [-0.05, 0) is 43.4 Å². The summed E-state index contributed by atoms with van der Waals surface area (Å²) in [5.74, 6) is 0.432. The van der Waals surface area contributed by atoms with Crippen LogP contribution in [0.4, 0.5) is 5.88 Å². The van der Waals surface area contributed by atoms with E-state index in [2.05, 4.69) is 44.1 Å². The second-order valence-electron chi connectivity index (χ2n) is 5.83. The van der Waals surface area contributed by atoms with E-state index < -0.39 is 0 Å². The van der Waals surface area contributed by atoms with Gasteiger partial charge in [-0.1, -0.05) is 56.0 Å². The quantitative estimate of drug-likeness (QED) is 0.724. The van der Waals surface area contributed by atoms with Gasteiger partial charge in [0.15, 0.2) is 0 Å². The fourth-order valence-corrected chi connectivity index (χ4v) is 2.61. The monoisotopic (exact) mass is 286 g/mol. The van der Waals surface area contributed by atoms with Crippen LogP contribution in [0.3, 0.4) is 0 Å². The molecule has 0 spiro atoms. The number of hydrogen-bond acceptors (Lipinski definition) is 3. The van der Waals surface area contributed by atoms with Crippen molar-refractivity contribution in [3.05, 3.63) is 35.0 Å². The molecule has 1 aromatic heterocycles. The average molecular weight is 286 g/mol. The van der Waals surface area contributed by atoms with E-state index in [1.165, 1.54) is 36.8 Å². The number of nitrogens with two attached hydrogens (primary N) is 1. The maximum Gasteiger partial charge on any atom is 0.230 e. The first-order chi connectivity index (χ1) is 10.1. The number of nitrogen functional groups attached to an aromatic ring is 1. The highest BCUT2D eigenvalue weighted by atomic mass is 16.5. The van der Waals surface area contributed by atoms with Crippen LogP contribution in [-0.4, -0.2) is 5.16 Å². The lowest BCUT2D eigenvalue weighted by molar-refractivity contribution is 0.426. The fraction of sp³-hybridized carbons (Fsp3) is 0.500. The number of hydrogen-bond donors (Lipinski definition) is 1. The van der Waals surface area contributed by atoms with Crippen molar-refractivity contribution in [3.8, 4) is 11.1 Å². The number of unbranched alkanes of at least 4 members (excludes halogenated alkanes) is 4. The Bertz CT molecular complexity index is 587. The summed E-state index contributed by atoms with van der Waals surface area (Å²) in [6, 6.07) is 6.40. The van der Waals surface area contributed by atoms with Crippen LogP contribution in [0.2, 0.25) is 0 Å². The van der Waals surface area contributed by atoms with E-state index in [1.807, 2.05) is 0 Å². The molecule has 0 bridgehead atoms. The van der Waals surface area contributed by atoms with E-state index >= 15 is 0 Å². The summed E-state index contributed by atoms with van der Waals surface area (Å²) in [6.07, 6.45) is 7.20. The van der Waals surface area contributed by atoms with E-state index in [4.69, 9.17) is 10.3 Å². The van der Waals surface area contributed by atoms with Gasteiger partial charge in [0, 0.05) is 0 Å². The van der Waals surface area contributed by atoms with Gasteiger partial charge < -0.3 is 10.3 Å². The van der Waals surface area contributed by atoms with Crippen LogP contribution in [0.15, 0.2) is 22.7 Å². The molecule has 3 nitrogen and oxygen atoms in total. The van der Waals surface area contributed by atoms with Crippen molar-refractivity contribution in [1.82, 2.24) is 5.16 Å². The van der Waals surface area contributed by atoms with Crippen LogP contribution in [-0.2, 0) is 6.42 Å². The molecule has 0 fully saturated rings. The second kappa shape index (κ2) is 7.30. The summed E-state index contributed by atoms with van der Waals surface area (Å²) in [7, 11) is 0. The van der Waals surface area contributed by atoms with Gasteiger partial charge in [0.05, 0.1) is 11.3 Å². The smallest absolute Gasteiger partial charge is 0.230 e. The van der Waals surface area contributed by atoms with E-state index in [1.54, 1.807) is 0 Å². The Morgan fingerprint density at radius 2 is 1.81 bits per heavy atom. The number of aromatic nitrogens is 1. The Hall–Kier alpha value is -1.77. The molecule has 0 amide bonds. The van der Waals surface area contributed by atoms with Gasteiger partial charge in [0.25, 0.3) is 0 Å². The van der Waals surface area contributed by atoms with Gasteiger partial charge in [0.1, 0.15) is 0 Å². The molecule has 0 atom stereocenters. The number of anilines is 1. The first kappa shape index (κ1) is 15.6. The predicted octanol–water partition coefficient (Wildman–Crippen LogP) is 5.05. The molecule has 2 N–H and O–H groups in total. The maximum atomic E-state index is 5.98. The first-order valence-corrected chi connectivity index (χ1v) is 7.95. The summed E-state index contributed by atoms with van der Waals surface area (Å²) < 4.78 is 5.23. The van der Waals surface area contributed by atoms with E-state index in [0.29, 0.717) is 5.88 Å². The standard InChI is InChI=1S/C18H26N2O/c1-4-5-6-7-8-9-16-17(18(19)21-20-16)15-11-10-13(2)14(3)12-15/h10-12H,4-9,19H2,1-3H3. The second-order valence-corrected chi connectivity index (χ2v) is 5.83. The summed E-state index contributed by atoms with van der Waals surface area (Å²) in [6.45, 7) is 6.47. The van der Waals surface area contributed by atoms with Gasteiger partial charge in [-0.15, -0.1) is 0 Å². The third-order valence-electron chi connectivity index (χ3n) is 4.10. The van der Waals surface area contributed by atoms with E-state index in [-0.39, 0.29) is 0 Å². The van der Waals surface area contributed by atoms with E-state index in [9.17, 15) is 0 Å². The Labute approximate surface area is 127 Å². The van der Waals surface area contributed by atoms with Gasteiger partial charge >= 0.3 is 0 Å². The summed E-state index contributed by atoms with van der Waals surface area (Å²) in [4.78, 5) is 0. The zero-order valence-electron chi connectivity index (χ0n) is 13.4. The van der Waals surface area contributed by atoms with E-state index in [0.717, 1.165) is 29.7 Å². The van der Waals surface area contributed by atoms with Gasteiger partial charge in [0.2, 0.25) is 5.88 Å². The number of benzene rings is 1. The molecule has 2 rings (SSSR count).